The molecule has 1 amide bonds. The molecule has 2 N–H and O–H groups in total. The molecule has 0 spiro atoms. The summed E-state index contributed by atoms with van der Waals surface area (Å²) in [5, 5.41) is 13.2. The van der Waals surface area contributed by atoms with E-state index in [2.05, 4.69) is 11.4 Å². The van der Waals surface area contributed by atoms with E-state index in [1.165, 1.54) is 0 Å². The molecule has 5 nitrogen and oxygen atoms in total. The minimum absolute atomic E-state index is 0.0701. The molecule has 35 heavy (non-hydrogen) atoms. The number of carbonyl (C=O) groups is 2. The lowest BCUT2D eigenvalue weighted by atomic mass is 9.58. The first-order chi connectivity index (χ1) is 16.8. The summed E-state index contributed by atoms with van der Waals surface area (Å²) in [6.45, 7) is -0.404. The number of nitrogens with one attached hydrogen (secondary N) is 1. The Morgan fingerprint density at radius 1 is 1.00 bits per heavy atom. The first-order valence-corrected chi connectivity index (χ1v) is 12.3. The van der Waals surface area contributed by atoms with Crippen LogP contribution >= 0.6 is 23.2 Å². The third kappa shape index (κ3) is 5.16. The Kier molecular flexibility index (Phi) is 7.68. The Morgan fingerprint density at radius 2 is 1.60 bits per heavy atom. The molecule has 1 aliphatic carbocycles. The van der Waals surface area contributed by atoms with Crippen molar-refractivity contribution in [1.82, 2.24) is 5.32 Å². The van der Waals surface area contributed by atoms with E-state index in [-0.39, 0.29) is 18.2 Å². The Morgan fingerprint density at radius 3 is 2.14 bits per heavy atom. The van der Waals surface area contributed by atoms with Crippen molar-refractivity contribution in [2.75, 3.05) is 13.7 Å². The average molecular weight is 512 g/mol. The molecule has 0 heterocycles. The van der Waals surface area contributed by atoms with Crippen molar-refractivity contribution in [3.63, 3.8) is 0 Å². The number of carboxylic acid groups (broad SMARTS) is 1. The van der Waals surface area contributed by atoms with Crippen molar-refractivity contribution in [2.45, 2.75) is 37.0 Å². The fourth-order valence-corrected chi connectivity index (χ4v) is 5.59. The first kappa shape index (κ1) is 25.1. The van der Waals surface area contributed by atoms with Crippen LogP contribution in [0.5, 0.6) is 5.75 Å². The molecule has 4 rings (SSSR count). The number of rotatable bonds is 8. The molecular weight excluding hydrogens is 485 g/mol. The maximum Gasteiger partial charge on any atom is 0.341 e. The van der Waals surface area contributed by atoms with E-state index in [0.29, 0.717) is 15.8 Å². The third-order valence-electron chi connectivity index (χ3n) is 6.85. The van der Waals surface area contributed by atoms with E-state index in [1.54, 1.807) is 7.05 Å². The SMILES string of the molecule is CNC(=O)CC(c1ccc(Cl)cc1)(c1ccc(Cl)cc1)C1CCCc2c(OCC(=O)O)cccc21. The van der Waals surface area contributed by atoms with Gasteiger partial charge in [0.05, 0.1) is 0 Å². The average Bonchev–Trinajstić information content (AvgIpc) is 2.86. The summed E-state index contributed by atoms with van der Waals surface area (Å²) < 4.78 is 5.66. The molecule has 0 saturated heterocycles. The van der Waals surface area contributed by atoms with Crippen molar-refractivity contribution >= 4 is 35.1 Å². The van der Waals surface area contributed by atoms with E-state index in [0.717, 1.165) is 41.5 Å². The minimum atomic E-state index is -1.02. The second kappa shape index (κ2) is 10.7. The molecule has 0 bridgehead atoms. The van der Waals surface area contributed by atoms with Gasteiger partial charge in [-0.1, -0.05) is 59.6 Å². The predicted octanol–water partition coefficient (Wildman–Crippen LogP) is 6.00. The number of carboxylic acids is 1. The summed E-state index contributed by atoms with van der Waals surface area (Å²) >= 11 is 12.5. The van der Waals surface area contributed by atoms with E-state index in [4.69, 9.17) is 33.0 Å². The quantitative estimate of drug-likeness (QED) is 0.388. The number of fused-ring (bicyclic) bond motifs is 1. The molecule has 1 aliphatic rings. The van der Waals surface area contributed by atoms with Crippen LogP contribution in [0.2, 0.25) is 10.0 Å². The molecule has 1 unspecified atom stereocenters. The largest absolute Gasteiger partial charge is 0.482 e. The van der Waals surface area contributed by atoms with Crippen LogP contribution in [0.4, 0.5) is 0 Å². The Hall–Kier alpha value is -3.02. The third-order valence-corrected chi connectivity index (χ3v) is 7.35. The van der Waals surface area contributed by atoms with E-state index >= 15 is 0 Å². The zero-order valence-electron chi connectivity index (χ0n) is 19.4. The topological polar surface area (TPSA) is 75.6 Å². The number of benzene rings is 3. The number of carbonyl (C=O) groups excluding carboxylic acids is 1. The lowest BCUT2D eigenvalue weighted by Crippen LogP contribution is -2.41. The zero-order valence-corrected chi connectivity index (χ0v) is 20.9. The van der Waals surface area contributed by atoms with Gasteiger partial charge >= 0.3 is 5.97 Å². The fraction of sp³-hybridized carbons (Fsp3) is 0.286. The van der Waals surface area contributed by atoms with Gasteiger partial charge in [-0.25, -0.2) is 4.79 Å². The normalized spacial score (nSPS) is 15.2. The summed E-state index contributed by atoms with van der Waals surface area (Å²) in [5.74, 6) is -0.596. The molecule has 3 aromatic rings. The molecule has 1 atom stereocenters. The number of hydrogen-bond donors (Lipinski definition) is 2. The maximum atomic E-state index is 13.1. The first-order valence-electron chi connectivity index (χ1n) is 11.5. The molecule has 0 aliphatic heterocycles. The van der Waals surface area contributed by atoms with Gasteiger partial charge in [-0.3, -0.25) is 4.79 Å². The van der Waals surface area contributed by atoms with Crippen LogP contribution in [0.15, 0.2) is 66.7 Å². The monoisotopic (exact) mass is 511 g/mol. The summed E-state index contributed by atoms with van der Waals surface area (Å²) in [6.07, 6.45) is 2.72. The number of aliphatic carboxylic acids is 1. The second-order valence-electron chi connectivity index (χ2n) is 8.79. The van der Waals surface area contributed by atoms with Gasteiger partial charge in [-0.2, -0.15) is 0 Å². The number of halogens is 2. The van der Waals surface area contributed by atoms with E-state index < -0.39 is 18.0 Å². The van der Waals surface area contributed by atoms with Gasteiger partial charge in [0, 0.05) is 28.9 Å². The van der Waals surface area contributed by atoms with Gasteiger partial charge in [-0.05, 0) is 77.8 Å². The smallest absolute Gasteiger partial charge is 0.341 e. The fourth-order valence-electron chi connectivity index (χ4n) is 5.33. The number of amides is 1. The highest BCUT2D eigenvalue weighted by Gasteiger charge is 2.46. The van der Waals surface area contributed by atoms with Gasteiger partial charge < -0.3 is 15.2 Å². The molecule has 0 radical (unpaired) electrons. The summed E-state index contributed by atoms with van der Waals surface area (Å²) in [7, 11) is 1.64. The van der Waals surface area contributed by atoms with Crippen molar-refractivity contribution < 1.29 is 19.4 Å². The molecule has 0 fully saturated rings. The van der Waals surface area contributed by atoms with Crippen LogP contribution in [0.3, 0.4) is 0 Å². The van der Waals surface area contributed by atoms with Crippen molar-refractivity contribution in [3.05, 3.63) is 99.0 Å². The van der Waals surface area contributed by atoms with Gasteiger partial charge in [-0.15, -0.1) is 0 Å². The van der Waals surface area contributed by atoms with E-state index in [1.807, 2.05) is 60.7 Å². The molecule has 182 valence electrons. The highest BCUT2D eigenvalue weighted by atomic mass is 35.5. The minimum Gasteiger partial charge on any atom is -0.482 e. The van der Waals surface area contributed by atoms with E-state index in [9.17, 15) is 9.59 Å². The molecular formula is C28H27Cl2NO4. The Labute approximate surface area is 215 Å². The Bertz CT molecular complexity index is 1160. The van der Waals surface area contributed by atoms with Crippen molar-refractivity contribution in [2.24, 2.45) is 0 Å². The lowest BCUT2D eigenvalue weighted by molar-refractivity contribution is -0.139. The van der Waals surface area contributed by atoms with Gasteiger partial charge in [0.25, 0.3) is 0 Å². The van der Waals surface area contributed by atoms with Crippen LogP contribution in [-0.2, 0) is 21.4 Å². The van der Waals surface area contributed by atoms with Crippen LogP contribution in [0.1, 0.15) is 47.4 Å². The van der Waals surface area contributed by atoms with Crippen LogP contribution in [0.25, 0.3) is 0 Å². The Balaban J connectivity index is 1.96. The van der Waals surface area contributed by atoms with Gasteiger partial charge in [0.2, 0.25) is 5.91 Å². The molecule has 3 aromatic carbocycles. The van der Waals surface area contributed by atoms with Crippen molar-refractivity contribution in [3.8, 4) is 5.75 Å². The predicted molar refractivity (Wildman–Crippen MR) is 138 cm³/mol. The molecule has 7 heteroatoms. The van der Waals surface area contributed by atoms with Crippen LogP contribution in [-0.4, -0.2) is 30.6 Å². The second-order valence-corrected chi connectivity index (χ2v) is 9.66. The lowest BCUT2D eigenvalue weighted by Gasteiger charge is -2.44. The van der Waals surface area contributed by atoms with Gasteiger partial charge in [0.1, 0.15) is 5.75 Å². The maximum absolute atomic E-state index is 13.1. The molecule has 0 aromatic heterocycles. The van der Waals surface area contributed by atoms with Gasteiger partial charge in [0.15, 0.2) is 6.61 Å². The standard InChI is InChI=1S/C28H27Cl2NO4/c1-31-26(32)16-28(18-8-12-20(29)13-9-18,19-10-14-21(30)15-11-19)24-6-2-5-23-22(24)4-3-7-25(23)35-17-27(33)34/h3-4,7-15,24H,2,5-6,16-17H2,1H3,(H,31,32)(H,33,34). The van der Waals surface area contributed by atoms with Crippen LogP contribution < -0.4 is 10.1 Å². The zero-order chi connectivity index (χ0) is 25.0. The summed E-state index contributed by atoms with van der Waals surface area (Å²) in [6, 6.07) is 21.1. The summed E-state index contributed by atoms with van der Waals surface area (Å²) in [4.78, 5) is 24.2. The van der Waals surface area contributed by atoms with Crippen molar-refractivity contribution in [1.29, 1.82) is 0 Å². The van der Waals surface area contributed by atoms with Crippen LogP contribution in [0, 0.1) is 0 Å². The number of hydrogen-bond acceptors (Lipinski definition) is 3. The highest BCUT2D eigenvalue weighted by Crippen LogP contribution is 2.53. The summed E-state index contributed by atoms with van der Waals surface area (Å²) in [5.41, 5.74) is 3.29. The number of ether oxygens (including phenoxy) is 1. The highest BCUT2D eigenvalue weighted by molar-refractivity contribution is 6.30. The molecule has 0 saturated carbocycles.